The summed E-state index contributed by atoms with van der Waals surface area (Å²) in [5.41, 5.74) is 3.07. The van der Waals surface area contributed by atoms with Crippen LogP contribution in [0.5, 0.6) is 0 Å². The van der Waals surface area contributed by atoms with E-state index in [0.29, 0.717) is 36.0 Å². The molecule has 0 aliphatic carbocycles. The minimum absolute atomic E-state index is 0.0209. The number of ether oxygens (including phenoxy) is 1. The van der Waals surface area contributed by atoms with Crippen molar-refractivity contribution in [2.45, 2.75) is 51.5 Å². The van der Waals surface area contributed by atoms with Crippen molar-refractivity contribution in [3.63, 3.8) is 0 Å². The molecule has 1 aliphatic rings. The molecule has 6 rings (SSSR count). The van der Waals surface area contributed by atoms with Gasteiger partial charge in [-0.2, -0.15) is 0 Å². The van der Waals surface area contributed by atoms with Gasteiger partial charge in [-0.1, -0.05) is 48.0 Å². The van der Waals surface area contributed by atoms with Gasteiger partial charge in [-0.3, -0.25) is 9.69 Å². The largest absolute Gasteiger partial charge is 0.468 e. The number of halogens is 1. The Balaban J connectivity index is 1.52. The van der Waals surface area contributed by atoms with Crippen molar-refractivity contribution in [3.05, 3.63) is 111 Å². The lowest BCUT2D eigenvalue weighted by molar-refractivity contribution is 0.0901. The second-order valence-corrected chi connectivity index (χ2v) is 10.3. The van der Waals surface area contributed by atoms with Crippen molar-refractivity contribution in [3.8, 4) is 0 Å². The summed E-state index contributed by atoms with van der Waals surface area (Å²) in [6, 6.07) is 18.8. The quantitative estimate of drug-likeness (QED) is 0.277. The topological polar surface area (TPSA) is 102 Å². The number of hydrogen-bond donors (Lipinski definition) is 1. The van der Waals surface area contributed by atoms with Gasteiger partial charge in [-0.25, -0.2) is 4.68 Å². The number of hydrogen-bond acceptors (Lipinski definition) is 7. The van der Waals surface area contributed by atoms with Crippen molar-refractivity contribution < 1.29 is 9.15 Å². The molecule has 2 atom stereocenters. The molecule has 0 spiro atoms. The van der Waals surface area contributed by atoms with Crippen molar-refractivity contribution >= 4 is 22.5 Å². The number of para-hydroxylation sites is 1. The van der Waals surface area contributed by atoms with Crippen LogP contribution in [-0.4, -0.2) is 42.8 Å². The van der Waals surface area contributed by atoms with Crippen molar-refractivity contribution in [1.29, 1.82) is 0 Å². The van der Waals surface area contributed by atoms with Crippen LogP contribution in [0.4, 0.5) is 0 Å². The molecule has 200 valence electrons. The molecule has 9 nitrogen and oxygen atoms in total. The Morgan fingerprint density at radius 1 is 1.15 bits per heavy atom. The number of rotatable bonds is 9. The molecule has 0 unspecified atom stereocenters. The molecule has 5 aromatic rings. The van der Waals surface area contributed by atoms with Gasteiger partial charge in [0.25, 0.3) is 5.56 Å². The lowest BCUT2D eigenvalue weighted by Gasteiger charge is -2.31. The van der Waals surface area contributed by atoms with Gasteiger partial charge >= 0.3 is 0 Å². The lowest BCUT2D eigenvalue weighted by atomic mass is 10.0. The van der Waals surface area contributed by atoms with Gasteiger partial charge in [0, 0.05) is 23.7 Å². The first-order valence-electron chi connectivity index (χ1n) is 13.1. The normalized spacial score (nSPS) is 16.3. The highest BCUT2D eigenvalue weighted by molar-refractivity contribution is 6.31. The Morgan fingerprint density at radius 3 is 2.85 bits per heavy atom. The molecule has 1 aliphatic heterocycles. The fraction of sp³-hybridized carbons (Fsp3) is 0.310. The Bertz CT molecular complexity index is 1620. The summed E-state index contributed by atoms with van der Waals surface area (Å²) in [5.74, 6) is 1.31. The number of aromatic amines is 1. The van der Waals surface area contributed by atoms with E-state index in [1.165, 1.54) is 0 Å². The van der Waals surface area contributed by atoms with Crippen molar-refractivity contribution in [2.24, 2.45) is 0 Å². The van der Waals surface area contributed by atoms with E-state index in [9.17, 15) is 4.79 Å². The average Bonchev–Trinajstić information content (AvgIpc) is 3.72. The smallest absolute Gasteiger partial charge is 0.253 e. The van der Waals surface area contributed by atoms with Crippen LogP contribution in [0, 0.1) is 6.92 Å². The summed E-state index contributed by atoms with van der Waals surface area (Å²) in [4.78, 5) is 19.0. The van der Waals surface area contributed by atoms with Crippen molar-refractivity contribution in [1.82, 2.24) is 30.1 Å². The maximum Gasteiger partial charge on any atom is 0.253 e. The Morgan fingerprint density at radius 2 is 2.05 bits per heavy atom. The molecule has 0 bridgehead atoms. The molecule has 39 heavy (non-hydrogen) atoms. The van der Waals surface area contributed by atoms with Crippen LogP contribution in [0.1, 0.15) is 47.2 Å². The number of tetrazole rings is 1. The van der Waals surface area contributed by atoms with Crippen LogP contribution in [0.3, 0.4) is 0 Å². The van der Waals surface area contributed by atoms with Gasteiger partial charge in [0.1, 0.15) is 11.8 Å². The summed E-state index contributed by atoms with van der Waals surface area (Å²) in [7, 11) is 0. The predicted octanol–water partition coefficient (Wildman–Crippen LogP) is 5.04. The average molecular weight is 545 g/mol. The van der Waals surface area contributed by atoms with Gasteiger partial charge in [0.15, 0.2) is 5.82 Å². The summed E-state index contributed by atoms with van der Waals surface area (Å²) in [6.07, 6.45) is 3.61. The Labute approximate surface area is 230 Å². The monoisotopic (exact) mass is 544 g/mol. The molecule has 1 fully saturated rings. The Kier molecular flexibility index (Phi) is 7.28. The van der Waals surface area contributed by atoms with E-state index in [2.05, 4.69) is 25.4 Å². The van der Waals surface area contributed by atoms with Gasteiger partial charge in [-0.15, -0.1) is 5.10 Å². The highest BCUT2D eigenvalue weighted by Crippen LogP contribution is 2.32. The number of nitrogens with zero attached hydrogens (tertiary/aromatic N) is 5. The molecule has 0 saturated carbocycles. The summed E-state index contributed by atoms with van der Waals surface area (Å²) < 4.78 is 13.4. The maximum absolute atomic E-state index is 13.8. The first-order valence-corrected chi connectivity index (χ1v) is 13.4. The minimum atomic E-state index is -0.601. The number of fused-ring (bicyclic) bond motifs is 1. The second kappa shape index (κ2) is 11.1. The van der Waals surface area contributed by atoms with Crippen LogP contribution in [0.25, 0.3) is 10.9 Å². The second-order valence-electron chi connectivity index (χ2n) is 9.93. The van der Waals surface area contributed by atoms with E-state index in [4.69, 9.17) is 20.8 Å². The van der Waals surface area contributed by atoms with Gasteiger partial charge < -0.3 is 14.1 Å². The fourth-order valence-corrected chi connectivity index (χ4v) is 5.50. The highest BCUT2D eigenvalue weighted by atomic mass is 35.5. The third kappa shape index (κ3) is 5.38. The zero-order chi connectivity index (χ0) is 26.8. The SMILES string of the molecule is Cc1cccc2cc([C@@H](c3nnnn3C[C@@H]3CCCO3)N(Cc3ccco3)Cc3ccccc3Cl)c(=O)[nH]c12. The molecular weight excluding hydrogens is 516 g/mol. The standard InChI is InChI=1S/C29H29ClN6O3/c1-19-7-4-9-20-15-24(29(37)31-26(19)20)27(28-32-33-34-36(28)18-23-11-6-14-39-23)35(17-22-10-5-13-38-22)16-21-8-2-3-12-25(21)30/h2-5,7-10,12-13,15,23,27H,6,11,14,16-18H2,1H3,(H,31,37)/t23-,27-/m0/s1. The van der Waals surface area contributed by atoms with Crippen LogP contribution >= 0.6 is 11.6 Å². The number of pyridine rings is 1. The number of benzene rings is 2. The van der Waals surface area contributed by atoms with E-state index in [0.717, 1.165) is 47.2 Å². The maximum atomic E-state index is 13.8. The molecule has 4 heterocycles. The zero-order valence-corrected chi connectivity index (χ0v) is 22.3. The van der Waals surface area contributed by atoms with Crippen LogP contribution in [0.2, 0.25) is 5.02 Å². The van der Waals surface area contributed by atoms with Crippen LogP contribution < -0.4 is 5.56 Å². The number of H-pyrrole nitrogens is 1. The first-order chi connectivity index (χ1) is 19.1. The molecule has 1 saturated heterocycles. The minimum Gasteiger partial charge on any atom is -0.468 e. The molecule has 10 heteroatoms. The van der Waals surface area contributed by atoms with Gasteiger partial charge in [0.2, 0.25) is 0 Å². The number of furan rings is 1. The van der Waals surface area contributed by atoms with Crippen molar-refractivity contribution in [2.75, 3.05) is 6.61 Å². The van der Waals surface area contributed by atoms with Crippen LogP contribution in [0.15, 0.2) is 76.1 Å². The van der Waals surface area contributed by atoms with E-state index >= 15 is 0 Å². The molecule has 0 amide bonds. The third-order valence-corrected chi connectivity index (χ3v) is 7.62. The molecule has 2 aromatic carbocycles. The fourth-order valence-electron chi connectivity index (χ4n) is 5.31. The number of nitrogens with one attached hydrogen (secondary N) is 1. The van der Waals surface area contributed by atoms with E-state index in [1.54, 1.807) is 10.9 Å². The highest BCUT2D eigenvalue weighted by Gasteiger charge is 2.33. The zero-order valence-electron chi connectivity index (χ0n) is 21.6. The van der Waals surface area contributed by atoms with Gasteiger partial charge in [0.05, 0.1) is 31.0 Å². The Hall–Kier alpha value is -3.79. The van der Waals surface area contributed by atoms with E-state index in [-0.39, 0.29) is 11.7 Å². The van der Waals surface area contributed by atoms with E-state index in [1.807, 2.05) is 67.6 Å². The molecule has 1 N–H and O–H groups in total. The summed E-state index contributed by atoms with van der Waals surface area (Å²) in [6.45, 7) is 4.05. The predicted molar refractivity (Wildman–Crippen MR) is 147 cm³/mol. The first kappa shape index (κ1) is 25.5. The molecule has 0 radical (unpaired) electrons. The molecular formula is C29H29ClN6O3. The van der Waals surface area contributed by atoms with Crippen LogP contribution in [-0.2, 0) is 24.4 Å². The van der Waals surface area contributed by atoms with E-state index < -0.39 is 6.04 Å². The summed E-state index contributed by atoms with van der Waals surface area (Å²) >= 11 is 6.62. The number of aromatic nitrogens is 5. The number of aryl methyl sites for hydroxylation is 1. The third-order valence-electron chi connectivity index (χ3n) is 7.25. The lowest BCUT2D eigenvalue weighted by Crippen LogP contribution is -2.35. The molecule has 3 aromatic heterocycles. The summed E-state index contributed by atoms with van der Waals surface area (Å²) in [5, 5.41) is 14.4. The van der Waals surface area contributed by atoms with Gasteiger partial charge in [-0.05, 0) is 71.0 Å².